The predicted octanol–water partition coefficient (Wildman–Crippen LogP) is 7.22. The van der Waals surface area contributed by atoms with Crippen LogP contribution in [0.4, 0.5) is 5.69 Å². The number of sulfonamides is 1. The molecule has 1 heterocycles. The van der Waals surface area contributed by atoms with Gasteiger partial charge in [0.25, 0.3) is 0 Å². The molecule has 0 atom stereocenters. The van der Waals surface area contributed by atoms with Crippen molar-refractivity contribution in [3.05, 3.63) is 124 Å². The Kier molecular flexibility index (Phi) is 10.6. The van der Waals surface area contributed by atoms with E-state index in [2.05, 4.69) is 26.6 Å². The highest BCUT2D eigenvalue weighted by Crippen LogP contribution is 2.30. The first kappa shape index (κ1) is 31.7. The monoisotopic (exact) mass is 650 g/mol. The van der Waals surface area contributed by atoms with Crippen LogP contribution in [0.1, 0.15) is 16.7 Å². The second-order valence-corrected chi connectivity index (χ2v) is 13.8. The van der Waals surface area contributed by atoms with Crippen LogP contribution < -0.4 is 4.72 Å². The number of hydrogen-bond acceptors (Lipinski definition) is 4. The summed E-state index contributed by atoms with van der Waals surface area (Å²) in [5.74, 6) is 2.53. The number of halogens is 1. The highest BCUT2D eigenvalue weighted by atomic mass is 79.9. The Hall–Kier alpha value is -3.84. The van der Waals surface area contributed by atoms with Gasteiger partial charge in [-0.2, -0.15) is 0 Å². The summed E-state index contributed by atoms with van der Waals surface area (Å²) in [5.41, 5.74) is 5.89. The van der Waals surface area contributed by atoms with E-state index >= 15 is 0 Å². The van der Waals surface area contributed by atoms with Crippen LogP contribution in [-0.2, 0) is 20.0 Å². The van der Waals surface area contributed by atoms with Crippen LogP contribution in [0.15, 0.2) is 108 Å². The molecule has 0 bridgehead atoms. The van der Waals surface area contributed by atoms with Gasteiger partial charge < -0.3 is 0 Å². The van der Waals surface area contributed by atoms with Gasteiger partial charge in [0.15, 0.2) is 0 Å². The topological polar surface area (TPSA) is 85.2 Å². The third-order valence-corrected chi connectivity index (χ3v) is 8.01. The van der Waals surface area contributed by atoms with E-state index in [0.717, 1.165) is 43.9 Å². The number of hydrogen-bond donors (Lipinski definition) is 1. The van der Waals surface area contributed by atoms with Gasteiger partial charge in [-0.3, -0.25) is 4.72 Å². The second kappa shape index (κ2) is 13.7. The van der Waals surface area contributed by atoms with E-state index in [-0.39, 0.29) is 0 Å². The van der Waals surface area contributed by atoms with Gasteiger partial charge in [-0.15, -0.1) is 6.42 Å². The van der Waals surface area contributed by atoms with Gasteiger partial charge >= 0.3 is 0 Å². The maximum Gasteiger partial charge on any atom is 0.236 e. The molecule has 9 heteroatoms. The van der Waals surface area contributed by atoms with Gasteiger partial charge in [0, 0.05) is 15.4 Å². The molecule has 0 spiro atoms. The van der Waals surface area contributed by atoms with Crippen molar-refractivity contribution in [3.8, 4) is 23.6 Å². The fraction of sp³-hybridized carbons (Fsp3) is 0.125. The lowest BCUT2D eigenvalue weighted by Gasteiger charge is -2.08. The lowest BCUT2D eigenvalue weighted by molar-refractivity contribution is 0.595. The van der Waals surface area contributed by atoms with Gasteiger partial charge in [-0.25, -0.2) is 20.8 Å². The van der Waals surface area contributed by atoms with Gasteiger partial charge in [0.05, 0.1) is 29.4 Å². The molecule has 0 saturated carbocycles. The highest BCUT2D eigenvalue weighted by molar-refractivity contribution is 9.10. The molecule has 0 saturated heterocycles. The average molecular weight is 652 g/mol. The fourth-order valence-electron chi connectivity index (χ4n) is 3.91. The molecule has 5 rings (SSSR count). The molecule has 0 fully saturated rings. The second-order valence-electron chi connectivity index (χ2n) is 9.35. The Labute approximate surface area is 251 Å². The first-order chi connectivity index (χ1) is 19.3. The Balaban J connectivity index is 0.000000189. The highest BCUT2D eigenvalue weighted by Gasteiger charge is 2.17. The average Bonchev–Trinajstić information content (AvgIpc) is 3.31. The van der Waals surface area contributed by atoms with Crippen molar-refractivity contribution in [2.75, 3.05) is 17.2 Å². The van der Waals surface area contributed by atoms with Crippen LogP contribution in [0.5, 0.6) is 0 Å². The molecule has 0 amide bonds. The summed E-state index contributed by atoms with van der Waals surface area (Å²) >= 11 is 3.26. The summed E-state index contributed by atoms with van der Waals surface area (Å²) in [6.45, 7) is 3.86. The molecule has 5 aromatic rings. The number of nitrogens with one attached hydrogen (secondary N) is 1. The van der Waals surface area contributed by atoms with Gasteiger partial charge in [0.1, 0.15) is 0 Å². The third kappa shape index (κ3) is 9.35. The van der Waals surface area contributed by atoms with Crippen molar-refractivity contribution in [3.63, 3.8) is 0 Å². The van der Waals surface area contributed by atoms with Crippen LogP contribution >= 0.6 is 15.9 Å². The molecule has 41 heavy (non-hydrogen) atoms. The van der Waals surface area contributed by atoms with Crippen molar-refractivity contribution in [1.82, 2.24) is 3.97 Å². The van der Waals surface area contributed by atoms with Gasteiger partial charge in [-0.1, -0.05) is 72.7 Å². The lowest BCUT2D eigenvalue weighted by Crippen LogP contribution is -2.11. The minimum atomic E-state index is -3.36. The molecule has 4 aromatic carbocycles. The van der Waals surface area contributed by atoms with Crippen LogP contribution in [-0.4, -0.2) is 33.3 Å². The smallest absolute Gasteiger partial charge is 0.236 e. The molecule has 0 aliphatic carbocycles. The van der Waals surface area contributed by atoms with Crippen molar-refractivity contribution in [2.45, 2.75) is 13.8 Å². The molecule has 212 valence electrons. The number of terminal acetylenes is 1. The maximum absolute atomic E-state index is 12.2. The lowest BCUT2D eigenvalue weighted by atomic mass is 10.1. The minimum absolute atomic E-state index is 0.572. The Bertz CT molecular complexity index is 1890. The number of fused-ring (bicyclic) bond motifs is 1. The fourth-order valence-corrected chi connectivity index (χ4v) is 5.98. The third-order valence-electron chi connectivity index (χ3n) is 5.67. The van der Waals surface area contributed by atoms with E-state index in [4.69, 9.17) is 6.42 Å². The summed E-state index contributed by atoms with van der Waals surface area (Å²) in [6.07, 6.45) is 7.46. The van der Waals surface area contributed by atoms with Crippen molar-refractivity contribution < 1.29 is 16.8 Å². The number of rotatable bonds is 4. The zero-order valence-electron chi connectivity index (χ0n) is 23.2. The molecule has 0 radical (unpaired) electrons. The minimum Gasteiger partial charge on any atom is -0.283 e. The standard InChI is InChI=1S/C16H15NO2S.C8H10BrNO2S.C8H6/c1-12-8-9-14-11-16(13-6-4-3-5-7-13)17(15(14)10-12)20(2,18)19;1-6-3-4-7(9)8(5-6)10-13(2,11)12;1-2-8-6-4-3-5-7-8/h3-11H,1-2H3;3-5,10H,1-2H3;1,3-7H. The summed E-state index contributed by atoms with van der Waals surface area (Å²) in [6, 6.07) is 32.4. The van der Waals surface area contributed by atoms with Crippen LogP contribution in [0.3, 0.4) is 0 Å². The number of anilines is 1. The van der Waals surface area contributed by atoms with E-state index in [1.807, 2.05) is 111 Å². The first-order valence-electron chi connectivity index (χ1n) is 12.4. The molecule has 0 aliphatic heterocycles. The van der Waals surface area contributed by atoms with Gasteiger partial charge in [0.2, 0.25) is 20.0 Å². The van der Waals surface area contributed by atoms with Crippen molar-refractivity contribution in [1.29, 1.82) is 0 Å². The van der Waals surface area contributed by atoms with Crippen LogP contribution in [0, 0.1) is 26.2 Å². The zero-order chi connectivity index (χ0) is 30.2. The predicted molar refractivity (Wildman–Crippen MR) is 174 cm³/mol. The van der Waals surface area contributed by atoms with E-state index in [1.165, 1.54) is 10.2 Å². The molecule has 1 aromatic heterocycles. The van der Waals surface area contributed by atoms with Crippen molar-refractivity contribution >= 4 is 52.6 Å². The molecular formula is C32H31BrN2O4S2. The van der Waals surface area contributed by atoms with Crippen LogP contribution in [0.2, 0.25) is 0 Å². The number of aromatic nitrogens is 1. The zero-order valence-corrected chi connectivity index (χ0v) is 26.4. The molecular weight excluding hydrogens is 620 g/mol. The number of aryl methyl sites for hydroxylation is 2. The SMILES string of the molecule is C#Cc1ccccc1.Cc1ccc(Br)c(NS(C)(=O)=O)c1.Cc1ccc2cc(-c3ccccc3)n(S(C)(=O)=O)c2c1. The molecule has 0 unspecified atom stereocenters. The van der Waals surface area contributed by atoms with E-state index in [9.17, 15) is 16.8 Å². The summed E-state index contributed by atoms with van der Waals surface area (Å²) in [5, 5.41) is 0.930. The quantitative estimate of drug-likeness (QED) is 0.208. The Morgan fingerprint density at radius 3 is 1.85 bits per heavy atom. The van der Waals surface area contributed by atoms with Crippen LogP contribution in [0.25, 0.3) is 22.2 Å². The molecule has 1 N–H and O–H groups in total. The summed E-state index contributed by atoms with van der Waals surface area (Å²) < 4.78 is 50.8. The van der Waals surface area contributed by atoms with E-state index in [1.54, 1.807) is 6.07 Å². The van der Waals surface area contributed by atoms with Gasteiger partial charge in [-0.05, 0) is 82.9 Å². The molecule has 0 aliphatic rings. The summed E-state index contributed by atoms with van der Waals surface area (Å²) in [7, 11) is -6.56. The summed E-state index contributed by atoms with van der Waals surface area (Å²) in [4.78, 5) is 0. The normalized spacial score (nSPS) is 10.9. The Morgan fingerprint density at radius 1 is 0.756 bits per heavy atom. The van der Waals surface area contributed by atoms with E-state index in [0.29, 0.717) is 11.4 Å². The molecule has 6 nitrogen and oxygen atoms in total. The first-order valence-corrected chi connectivity index (χ1v) is 17.0. The Morgan fingerprint density at radius 2 is 1.32 bits per heavy atom. The maximum atomic E-state index is 12.2. The van der Waals surface area contributed by atoms with E-state index < -0.39 is 20.0 Å². The van der Waals surface area contributed by atoms with Crippen molar-refractivity contribution in [2.24, 2.45) is 0 Å². The number of benzene rings is 4. The largest absolute Gasteiger partial charge is 0.283 e. The number of nitrogens with zero attached hydrogens (tertiary/aromatic N) is 1.